The number of rotatable bonds is 6. The molecule has 0 atom stereocenters. The zero-order valence-corrected chi connectivity index (χ0v) is 20.1. The minimum Gasteiger partial charge on any atom is -0.339 e. The van der Waals surface area contributed by atoms with Gasteiger partial charge in [-0.1, -0.05) is 23.9 Å². The highest BCUT2D eigenvalue weighted by molar-refractivity contribution is 7.99. The molecule has 1 saturated heterocycles. The van der Waals surface area contributed by atoms with Gasteiger partial charge >= 0.3 is 0 Å². The maximum absolute atomic E-state index is 13.5. The second kappa shape index (κ2) is 9.66. The normalized spacial score (nSPS) is 15.1. The van der Waals surface area contributed by atoms with Crippen molar-refractivity contribution in [2.75, 3.05) is 31.9 Å². The molecule has 10 heteroatoms. The fraction of sp³-hybridized carbons (Fsp3) is 0.304. The first-order valence-corrected chi connectivity index (χ1v) is 13.0. The van der Waals surface area contributed by atoms with Crippen LogP contribution >= 0.6 is 11.8 Å². The summed E-state index contributed by atoms with van der Waals surface area (Å²) < 4.78 is 42.2. The second-order valence-corrected chi connectivity index (χ2v) is 10.8. The number of piperazine rings is 1. The van der Waals surface area contributed by atoms with Gasteiger partial charge in [0.25, 0.3) is 0 Å². The van der Waals surface area contributed by atoms with Crippen LogP contribution in [-0.2, 0) is 14.8 Å². The van der Waals surface area contributed by atoms with Gasteiger partial charge in [-0.3, -0.25) is 9.36 Å². The molecule has 1 aliphatic heterocycles. The van der Waals surface area contributed by atoms with E-state index in [1.165, 1.54) is 45.4 Å². The first-order valence-electron chi connectivity index (χ1n) is 10.5. The van der Waals surface area contributed by atoms with Gasteiger partial charge in [-0.25, -0.2) is 17.8 Å². The molecule has 1 aliphatic rings. The van der Waals surface area contributed by atoms with Crippen molar-refractivity contribution in [2.45, 2.75) is 23.9 Å². The fourth-order valence-electron chi connectivity index (χ4n) is 3.64. The number of nitrogens with zero attached hydrogens (tertiary/aromatic N) is 4. The summed E-state index contributed by atoms with van der Waals surface area (Å²) in [5, 5.41) is 0.721. The Bertz CT molecular complexity index is 1270. The average molecular weight is 489 g/mol. The van der Waals surface area contributed by atoms with E-state index in [-0.39, 0.29) is 29.6 Å². The molecule has 2 heterocycles. The number of benzene rings is 2. The molecule has 0 bridgehead atoms. The number of aryl methyl sites for hydroxylation is 2. The minimum absolute atomic E-state index is 0.0718. The Morgan fingerprint density at radius 2 is 1.82 bits per heavy atom. The molecule has 7 nitrogen and oxygen atoms in total. The number of amides is 1. The molecule has 0 unspecified atom stereocenters. The SMILES string of the molecule is Cc1ccc(-n2ccnc2SCC(=O)N2CCN(S(=O)(=O)c3cccc(F)c3)CC2)cc1C. The van der Waals surface area contributed by atoms with Crippen LogP contribution in [0.25, 0.3) is 5.69 Å². The summed E-state index contributed by atoms with van der Waals surface area (Å²) in [6, 6.07) is 11.1. The lowest BCUT2D eigenvalue weighted by Crippen LogP contribution is -2.51. The molecular weight excluding hydrogens is 463 g/mol. The molecule has 1 aromatic heterocycles. The molecule has 2 aromatic carbocycles. The van der Waals surface area contributed by atoms with E-state index < -0.39 is 15.8 Å². The monoisotopic (exact) mass is 488 g/mol. The Morgan fingerprint density at radius 3 is 2.52 bits per heavy atom. The van der Waals surface area contributed by atoms with E-state index in [1.807, 2.05) is 16.8 Å². The zero-order valence-electron chi connectivity index (χ0n) is 18.4. The van der Waals surface area contributed by atoms with E-state index in [0.29, 0.717) is 13.1 Å². The Balaban J connectivity index is 1.35. The van der Waals surface area contributed by atoms with Crippen LogP contribution in [0.3, 0.4) is 0 Å². The molecule has 0 aliphatic carbocycles. The Labute approximate surface area is 197 Å². The Morgan fingerprint density at radius 1 is 1.06 bits per heavy atom. The summed E-state index contributed by atoms with van der Waals surface area (Å²) in [5.74, 6) is -0.461. The first-order chi connectivity index (χ1) is 15.8. The van der Waals surface area contributed by atoms with Gasteiger partial charge in [-0.2, -0.15) is 4.31 Å². The summed E-state index contributed by atoms with van der Waals surface area (Å²) in [6.07, 6.45) is 3.57. The number of halogens is 1. The third-order valence-corrected chi connectivity index (χ3v) is 8.57. The van der Waals surface area contributed by atoms with Gasteiger partial charge in [0.1, 0.15) is 5.82 Å². The third-order valence-electron chi connectivity index (χ3n) is 5.73. The van der Waals surface area contributed by atoms with Crippen LogP contribution in [0.1, 0.15) is 11.1 Å². The van der Waals surface area contributed by atoms with E-state index in [4.69, 9.17) is 0 Å². The van der Waals surface area contributed by atoms with Crippen LogP contribution in [0.2, 0.25) is 0 Å². The molecule has 174 valence electrons. The van der Waals surface area contributed by atoms with Crippen LogP contribution in [0.5, 0.6) is 0 Å². The van der Waals surface area contributed by atoms with Gasteiger partial charge in [0.15, 0.2) is 5.16 Å². The molecule has 0 spiro atoms. The number of hydrogen-bond donors (Lipinski definition) is 0. The summed E-state index contributed by atoms with van der Waals surface area (Å²) in [5.41, 5.74) is 3.38. The highest BCUT2D eigenvalue weighted by Crippen LogP contribution is 2.23. The van der Waals surface area contributed by atoms with Gasteiger partial charge in [0.05, 0.1) is 10.6 Å². The molecule has 0 saturated carbocycles. The van der Waals surface area contributed by atoms with Crippen LogP contribution in [0.4, 0.5) is 4.39 Å². The van der Waals surface area contributed by atoms with Gasteiger partial charge in [-0.15, -0.1) is 0 Å². The summed E-state index contributed by atoms with van der Waals surface area (Å²) in [7, 11) is -3.79. The topological polar surface area (TPSA) is 75.5 Å². The summed E-state index contributed by atoms with van der Waals surface area (Å²) in [6.45, 7) is 5.04. The highest BCUT2D eigenvalue weighted by Gasteiger charge is 2.30. The second-order valence-electron chi connectivity index (χ2n) is 7.88. The molecule has 1 fully saturated rings. The van der Waals surface area contributed by atoms with E-state index in [1.54, 1.807) is 11.1 Å². The van der Waals surface area contributed by atoms with Crippen molar-refractivity contribution >= 4 is 27.7 Å². The summed E-state index contributed by atoms with van der Waals surface area (Å²) >= 11 is 1.35. The lowest BCUT2D eigenvalue weighted by molar-refractivity contribution is -0.129. The number of carbonyl (C=O) groups is 1. The maximum atomic E-state index is 13.5. The molecular formula is C23H25FN4O3S2. The van der Waals surface area contributed by atoms with Crippen LogP contribution in [-0.4, -0.2) is 65.0 Å². The van der Waals surface area contributed by atoms with E-state index in [9.17, 15) is 17.6 Å². The molecule has 0 N–H and O–H groups in total. The Hall–Kier alpha value is -2.69. The average Bonchev–Trinajstić information content (AvgIpc) is 3.28. The van der Waals surface area contributed by atoms with Gasteiger partial charge in [0, 0.05) is 44.3 Å². The number of imidazole rings is 1. The fourth-order valence-corrected chi connectivity index (χ4v) is 5.97. The number of thioether (sulfide) groups is 1. The van der Waals surface area contributed by atoms with Crippen molar-refractivity contribution in [1.82, 2.24) is 18.8 Å². The largest absolute Gasteiger partial charge is 0.339 e. The standard InChI is InChI=1S/C23H25FN4O3S2/c1-17-6-7-20(14-18(17)2)28-9-8-25-23(28)32-16-22(29)26-10-12-27(13-11-26)33(30,31)21-5-3-4-19(24)15-21/h3-9,14-15H,10-13,16H2,1-2H3. The first kappa shape index (κ1) is 23.5. The number of aromatic nitrogens is 2. The minimum atomic E-state index is -3.79. The zero-order chi connectivity index (χ0) is 23.6. The molecule has 33 heavy (non-hydrogen) atoms. The van der Waals surface area contributed by atoms with Crippen molar-refractivity contribution in [2.24, 2.45) is 0 Å². The predicted molar refractivity (Wildman–Crippen MR) is 126 cm³/mol. The van der Waals surface area contributed by atoms with Crippen LogP contribution in [0, 0.1) is 19.7 Å². The van der Waals surface area contributed by atoms with Gasteiger partial charge < -0.3 is 4.90 Å². The molecule has 1 amide bonds. The van der Waals surface area contributed by atoms with Crippen molar-refractivity contribution in [1.29, 1.82) is 0 Å². The highest BCUT2D eigenvalue weighted by atomic mass is 32.2. The predicted octanol–water partition coefficient (Wildman–Crippen LogP) is 3.25. The third kappa shape index (κ3) is 5.13. The lowest BCUT2D eigenvalue weighted by atomic mass is 10.1. The van der Waals surface area contributed by atoms with Crippen LogP contribution < -0.4 is 0 Å². The number of carbonyl (C=O) groups excluding carboxylic acids is 1. The maximum Gasteiger partial charge on any atom is 0.243 e. The molecule has 0 radical (unpaired) electrons. The van der Waals surface area contributed by atoms with Crippen LogP contribution in [0.15, 0.2) is 64.9 Å². The Kier molecular flexibility index (Phi) is 6.87. The summed E-state index contributed by atoms with van der Waals surface area (Å²) in [4.78, 5) is 18.7. The van der Waals surface area contributed by atoms with E-state index >= 15 is 0 Å². The quantitative estimate of drug-likeness (QED) is 0.498. The molecule has 4 rings (SSSR count). The van der Waals surface area contributed by atoms with E-state index in [0.717, 1.165) is 16.9 Å². The van der Waals surface area contributed by atoms with Crippen molar-refractivity contribution < 1.29 is 17.6 Å². The smallest absolute Gasteiger partial charge is 0.243 e. The van der Waals surface area contributed by atoms with Gasteiger partial charge in [-0.05, 0) is 55.3 Å². The van der Waals surface area contributed by atoms with E-state index in [2.05, 4.69) is 31.0 Å². The molecule has 3 aromatic rings. The van der Waals surface area contributed by atoms with Crippen molar-refractivity contribution in [3.63, 3.8) is 0 Å². The number of sulfonamides is 1. The lowest BCUT2D eigenvalue weighted by Gasteiger charge is -2.34. The number of hydrogen-bond acceptors (Lipinski definition) is 5. The van der Waals surface area contributed by atoms with Crippen molar-refractivity contribution in [3.8, 4) is 5.69 Å². The van der Waals surface area contributed by atoms with Gasteiger partial charge in [0.2, 0.25) is 15.9 Å². The van der Waals surface area contributed by atoms with Crippen molar-refractivity contribution in [3.05, 3.63) is 71.8 Å².